The molecule has 0 unspecified atom stereocenters. The molecule has 0 amide bonds. The topological polar surface area (TPSA) is 122 Å². The summed E-state index contributed by atoms with van der Waals surface area (Å²) in [6.45, 7) is 0. The molecule has 2 rings (SSSR count). The Balaban J connectivity index is 2.38. The van der Waals surface area contributed by atoms with E-state index in [2.05, 4.69) is 15.9 Å². The number of nitrogen functional groups attached to an aromatic ring is 1. The van der Waals surface area contributed by atoms with E-state index in [4.69, 9.17) is 10.5 Å². The van der Waals surface area contributed by atoms with Gasteiger partial charge in [0.15, 0.2) is 0 Å². The fraction of sp³-hybridized carbons (Fsp3) is 0. The van der Waals surface area contributed by atoms with Crippen molar-refractivity contribution in [3.8, 4) is 11.5 Å². The number of non-ortho nitro benzene ring substituents is 2. The molecule has 21 heavy (non-hydrogen) atoms. The minimum absolute atomic E-state index is 0.120. The second-order valence-corrected chi connectivity index (χ2v) is 4.94. The van der Waals surface area contributed by atoms with Gasteiger partial charge < -0.3 is 10.5 Å². The molecule has 0 aromatic heterocycles. The van der Waals surface area contributed by atoms with E-state index in [1.54, 1.807) is 0 Å². The maximum atomic E-state index is 10.8. The Labute approximate surface area is 126 Å². The maximum Gasteiger partial charge on any atom is 0.275 e. The predicted octanol–water partition coefficient (Wildman–Crippen LogP) is 3.64. The minimum atomic E-state index is -0.605. The van der Waals surface area contributed by atoms with Gasteiger partial charge in [0.1, 0.15) is 11.5 Å². The van der Waals surface area contributed by atoms with Crippen LogP contribution in [-0.2, 0) is 0 Å². The first-order valence-corrected chi connectivity index (χ1v) is 6.32. The number of nitro benzene ring substituents is 2. The molecule has 0 aliphatic heterocycles. The number of nitro groups is 2. The van der Waals surface area contributed by atoms with Gasteiger partial charge in [0.2, 0.25) is 0 Å². The normalized spacial score (nSPS) is 10.1. The molecule has 2 aromatic carbocycles. The van der Waals surface area contributed by atoms with Gasteiger partial charge in [0.25, 0.3) is 11.4 Å². The lowest BCUT2D eigenvalue weighted by Gasteiger charge is -2.07. The average Bonchev–Trinajstić information content (AvgIpc) is 2.37. The lowest BCUT2D eigenvalue weighted by atomic mass is 10.2. The Morgan fingerprint density at radius 2 is 1.43 bits per heavy atom. The van der Waals surface area contributed by atoms with E-state index in [9.17, 15) is 20.2 Å². The number of nitrogens with zero attached hydrogens (tertiary/aromatic N) is 2. The zero-order valence-corrected chi connectivity index (χ0v) is 11.9. The minimum Gasteiger partial charge on any atom is -0.457 e. The van der Waals surface area contributed by atoms with Crippen molar-refractivity contribution < 1.29 is 14.6 Å². The van der Waals surface area contributed by atoms with Crippen molar-refractivity contribution in [1.82, 2.24) is 0 Å². The van der Waals surface area contributed by atoms with Crippen molar-refractivity contribution in [2.45, 2.75) is 0 Å². The zero-order valence-electron chi connectivity index (χ0n) is 10.4. The van der Waals surface area contributed by atoms with Gasteiger partial charge in [-0.1, -0.05) is 15.9 Å². The molecule has 0 atom stereocenters. The smallest absolute Gasteiger partial charge is 0.275 e. The summed E-state index contributed by atoms with van der Waals surface area (Å²) in [7, 11) is 0. The standard InChI is InChI=1S/C12H8BrN3O5/c13-7-1-9(15(17)18)5-11(2-7)21-12-4-8(14)3-10(6-12)16(19)20/h1-6H,14H2. The van der Waals surface area contributed by atoms with Gasteiger partial charge in [-0.3, -0.25) is 20.2 Å². The molecule has 0 saturated carbocycles. The largest absolute Gasteiger partial charge is 0.457 e. The van der Waals surface area contributed by atoms with Crippen LogP contribution in [0.3, 0.4) is 0 Å². The number of rotatable bonds is 4. The van der Waals surface area contributed by atoms with Crippen LogP contribution in [0.4, 0.5) is 17.1 Å². The number of hydrogen-bond acceptors (Lipinski definition) is 6. The molecule has 2 aromatic rings. The summed E-state index contributed by atoms with van der Waals surface area (Å²) in [5.41, 5.74) is 5.32. The molecule has 0 saturated heterocycles. The van der Waals surface area contributed by atoms with Gasteiger partial charge in [0.05, 0.1) is 22.0 Å². The molecular formula is C12H8BrN3O5. The van der Waals surface area contributed by atoms with Crippen LogP contribution in [0, 0.1) is 20.2 Å². The number of benzene rings is 2. The van der Waals surface area contributed by atoms with Crippen LogP contribution in [0.25, 0.3) is 0 Å². The number of anilines is 1. The first-order chi connectivity index (χ1) is 9.85. The Morgan fingerprint density at radius 3 is 2.00 bits per heavy atom. The van der Waals surface area contributed by atoms with Gasteiger partial charge in [-0.15, -0.1) is 0 Å². The van der Waals surface area contributed by atoms with Gasteiger partial charge in [0, 0.05) is 28.4 Å². The summed E-state index contributed by atoms with van der Waals surface area (Å²) in [6, 6.07) is 7.79. The van der Waals surface area contributed by atoms with Gasteiger partial charge >= 0.3 is 0 Å². The van der Waals surface area contributed by atoms with Crippen molar-refractivity contribution in [3.63, 3.8) is 0 Å². The van der Waals surface area contributed by atoms with Crippen LogP contribution in [0.15, 0.2) is 40.9 Å². The van der Waals surface area contributed by atoms with Gasteiger partial charge in [-0.25, -0.2) is 0 Å². The average molecular weight is 354 g/mol. The molecule has 2 N–H and O–H groups in total. The molecule has 8 nitrogen and oxygen atoms in total. The number of nitrogens with two attached hydrogens (primary N) is 1. The first kappa shape index (κ1) is 14.7. The third-order valence-electron chi connectivity index (χ3n) is 2.43. The first-order valence-electron chi connectivity index (χ1n) is 5.53. The summed E-state index contributed by atoms with van der Waals surface area (Å²) in [5.74, 6) is 0.282. The second-order valence-electron chi connectivity index (χ2n) is 4.02. The SMILES string of the molecule is Nc1cc(Oc2cc(Br)cc([N+](=O)[O-])c2)cc([N+](=O)[O-])c1. The van der Waals surface area contributed by atoms with E-state index in [-0.39, 0.29) is 28.6 Å². The Morgan fingerprint density at radius 1 is 0.905 bits per heavy atom. The van der Waals surface area contributed by atoms with Gasteiger partial charge in [-0.05, 0) is 6.07 Å². The van der Waals surface area contributed by atoms with Crippen molar-refractivity contribution in [1.29, 1.82) is 0 Å². The van der Waals surface area contributed by atoms with Crippen LogP contribution in [0.2, 0.25) is 0 Å². The molecule has 0 radical (unpaired) electrons. The molecule has 0 bridgehead atoms. The second kappa shape index (κ2) is 5.75. The maximum absolute atomic E-state index is 10.8. The highest BCUT2D eigenvalue weighted by atomic mass is 79.9. The third-order valence-corrected chi connectivity index (χ3v) is 2.88. The highest BCUT2D eigenvalue weighted by Gasteiger charge is 2.13. The van der Waals surface area contributed by atoms with E-state index in [0.717, 1.165) is 0 Å². The molecular weight excluding hydrogens is 346 g/mol. The van der Waals surface area contributed by atoms with Crippen molar-refractivity contribution in [2.75, 3.05) is 5.73 Å². The van der Waals surface area contributed by atoms with E-state index >= 15 is 0 Å². The lowest BCUT2D eigenvalue weighted by molar-refractivity contribution is -0.385. The summed E-state index contributed by atoms with van der Waals surface area (Å²) < 4.78 is 5.85. The van der Waals surface area contributed by atoms with E-state index in [0.29, 0.717) is 4.47 Å². The summed E-state index contributed by atoms with van der Waals surface area (Å²) in [4.78, 5) is 20.4. The van der Waals surface area contributed by atoms with Crippen LogP contribution in [0.5, 0.6) is 11.5 Å². The van der Waals surface area contributed by atoms with Crippen LogP contribution >= 0.6 is 15.9 Å². The molecule has 0 spiro atoms. The predicted molar refractivity (Wildman–Crippen MR) is 78.4 cm³/mol. The Kier molecular flexibility index (Phi) is 4.03. The molecule has 0 aliphatic rings. The highest BCUT2D eigenvalue weighted by molar-refractivity contribution is 9.10. The van der Waals surface area contributed by atoms with Crippen LogP contribution in [0.1, 0.15) is 0 Å². The monoisotopic (exact) mass is 353 g/mol. The van der Waals surface area contributed by atoms with Gasteiger partial charge in [-0.2, -0.15) is 0 Å². The van der Waals surface area contributed by atoms with E-state index in [1.165, 1.54) is 36.4 Å². The zero-order chi connectivity index (χ0) is 15.6. The lowest BCUT2D eigenvalue weighted by Crippen LogP contribution is -1.94. The van der Waals surface area contributed by atoms with Crippen molar-refractivity contribution in [2.24, 2.45) is 0 Å². The molecule has 0 aliphatic carbocycles. The summed E-state index contributed by atoms with van der Waals surface area (Å²) in [5, 5.41) is 21.5. The fourth-order valence-corrected chi connectivity index (χ4v) is 2.08. The quantitative estimate of drug-likeness (QED) is 0.508. The summed E-state index contributed by atoms with van der Waals surface area (Å²) >= 11 is 3.13. The fourth-order valence-electron chi connectivity index (χ4n) is 1.62. The Hall–Kier alpha value is -2.68. The van der Waals surface area contributed by atoms with E-state index in [1.807, 2.05) is 0 Å². The van der Waals surface area contributed by atoms with Crippen molar-refractivity contribution >= 4 is 33.0 Å². The third kappa shape index (κ3) is 3.66. The van der Waals surface area contributed by atoms with Crippen LogP contribution in [-0.4, -0.2) is 9.85 Å². The van der Waals surface area contributed by atoms with E-state index < -0.39 is 9.85 Å². The molecule has 108 valence electrons. The molecule has 9 heteroatoms. The van der Waals surface area contributed by atoms with Crippen molar-refractivity contribution in [3.05, 3.63) is 61.1 Å². The highest BCUT2D eigenvalue weighted by Crippen LogP contribution is 2.32. The number of ether oxygens (including phenoxy) is 1. The Bertz CT molecular complexity index is 673. The number of halogens is 1. The number of hydrogen-bond donors (Lipinski definition) is 1. The summed E-state index contributed by atoms with van der Waals surface area (Å²) in [6.07, 6.45) is 0. The van der Waals surface area contributed by atoms with Crippen LogP contribution < -0.4 is 10.5 Å². The molecule has 0 heterocycles. The molecule has 0 fully saturated rings.